The number of hydrogen-bond acceptors (Lipinski definition) is 3. The van der Waals surface area contributed by atoms with Crippen LogP contribution in [-0.4, -0.2) is 31.3 Å². The van der Waals surface area contributed by atoms with Gasteiger partial charge in [-0.15, -0.1) is 24.0 Å². The standard InChI is InChI=1S/C20H26FN3O2.HI/c1-4-22-20(23-11-10-15-6-5-7-17(25)12-15)24-14(2)16-8-9-19(26-3)18(21)13-16;/h5-9,12-14,25H,4,10-11H2,1-3H3,(H2,22,23,24);1H. The van der Waals surface area contributed by atoms with Crippen molar-refractivity contribution in [3.05, 3.63) is 59.4 Å². The van der Waals surface area contributed by atoms with E-state index >= 15 is 0 Å². The van der Waals surface area contributed by atoms with E-state index in [9.17, 15) is 9.50 Å². The zero-order valence-electron chi connectivity index (χ0n) is 15.8. The van der Waals surface area contributed by atoms with E-state index < -0.39 is 0 Å². The molecule has 0 aliphatic carbocycles. The number of aromatic hydroxyl groups is 1. The lowest BCUT2D eigenvalue weighted by Gasteiger charge is -2.18. The number of hydrogen-bond donors (Lipinski definition) is 3. The second-order valence-electron chi connectivity index (χ2n) is 5.94. The first-order valence-electron chi connectivity index (χ1n) is 8.69. The van der Waals surface area contributed by atoms with Crippen molar-refractivity contribution in [1.29, 1.82) is 0 Å². The molecular weight excluding hydrogens is 460 g/mol. The van der Waals surface area contributed by atoms with E-state index in [1.807, 2.05) is 32.0 Å². The number of guanidine groups is 1. The molecule has 7 heteroatoms. The maximum Gasteiger partial charge on any atom is 0.191 e. The van der Waals surface area contributed by atoms with Crippen molar-refractivity contribution in [2.24, 2.45) is 4.99 Å². The van der Waals surface area contributed by atoms with Crippen molar-refractivity contribution in [1.82, 2.24) is 10.6 Å². The molecule has 5 nitrogen and oxygen atoms in total. The highest BCUT2D eigenvalue weighted by molar-refractivity contribution is 14.0. The van der Waals surface area contributed by atoms with Crippen molar-refractivity contribution in [3.8, 4) is 11.5 Å². The third kappa shape index (κ3) is 7.24. The van der Waals surface area contributed by atoms with Crippen molar-refractivity contribution in [2.75, 3.05) is 20.2 Å². The Morgan fingerprint density at radius 1 is 1.26 bits per heavy atom. The molecule has 0 radical (unpaired) electrons. The van der Waals surface area contributed by atoms with Gasteiger partial charge in [-0.3, -0.25) is 4.99 Å². The summed E-state index contributed by atoms with van der Waals surface area (Å²) >= 11 is 0. The van der Waals surface area contributed by atoms with Crippen LogP contribution in [0.1, 0.15) is 31.0 Å². The van der Waals surface area contributed by atoms with Crippen LogP contribution in [0.5, 0.6) is 11.5 Å². The topological polar surface area (TPSA) is 65.9 Å². The number of halogens is 2. The van der Waals surface area contributed by atoms with Gasteiger partial charge in [0.1, 0.15) is 5.75 Å². The maximum absolute atomic E-state index is 13.9. The molecular formula is C20H27FIN3O2. The minimum absolute atomic E-state index is 0. The fraction of sp³-hybridized carbons (Fsp3) is 0.350. The van der Waals surface area contributed by atoms with E-state index in [2.05, 4.69) is 15.6 Å². The lowest BCUT2D eigenvalue weighted by molar-refractivity contribution is 0.386. The predicted molar refractivity (Wildman–Crippen MR) is 118 cm³/mol. The fourth-order valence-electron chi connectivity index (χ4n) is 2.57. The molecule has 2 rings (SSSR count). The number of phenols is 1. The Hall–Kier alpha value is -2.03. The summed E-state index contributed by atoms with van der Waals surface area (Å²) in [6, 6.07) is 12.0. The second kappa shape index (κ2) is 11.6. The number of ether oxygens (including phenoxy) is 1. The van der Waals surface area contributed by atoms with Crippen LogP contribution in [0.25, 0.3) is 0 Å². The maximum atomic E-state index is 13.9. The predicted octanol–water partition coefficient (Wildman–Crippen LogP) is 4.02. The first-order valence-corrected chi connectivity index (χ1v) is 8.69. The van der Waals surface area contributed by atoms with Crippen LogP contribution in [-0.2, 0) is 6.42 Å². The van der Waals surface area contributed by atoms with Crippen LogP contribution < -0.4 is 15.4 Å². The molecule has 27 heavy (non-hydrogen) atoms. The summed E-state index contributed by atoms with van der Waals surface area (Å²) in [5, 5.41) is 16.0. The molecule has 0 aliphatic rings. The van der Waals surface area contributed by atoms with Crippen molar-refractivity contribution >= 4 is 29.9 Å². The van der Waals surface area contributed by atoms with Gasteiger partial charge in [0, 0.05) is 13.1 Å². The Balaban J connectivity index is 0.00000364. The van der Waals surface area contributed by atoms with Gasteiger partial charge in [-0.2, -0.15) is 0 Å². The van der Waals surface area contributed by atoms with Crippen LogP contribution >= 0.6 is 24.0 Å². The molecule has 0 fully saturated rings. The van der Waals surface area contributed by atoms with Gasteiger partial charge in [-0.25, -0.2) is 4.39 Å². The van der Waals surface area contributed by atoms with Gasteiger partial charge in [0.05, 0.1) is 13.2 Å². The summed E-state index contributed by atoms with van der Waals surface area (Å²) in [5.74, 6) is 0.764. The molecule has 0 spiro atoms. The lowest BCUT2D eigenvalue weighted by Crippen LogP contribution is -2.38. The Morgan fingerprint density at radius 2 is 2.04 bits per heavy atom. The van der Waals surface area contributed by atoms with E-state index in [-0.39, 0.29) is 47.3 Å². The molecule has 1 atom stereocenters. The molecule has 0 saturated heterocycles. The van der Waals surface area contributed by atoms with Gasteiger partial charge in [0.2, 0.25) is 0 Å². The molecule has 1 unspecified atom stereocenters. The number of phenolic OH excluding ortho intramolecular Hbond substituents is 1. The largest absolute Gasteiger partial charge is 0.508 e. The van der Waals surface area contributed by atoms with Gasteiger partial charge >= 0.3 is 0 Å². The average molecular weight is 487 g/mol. The van der Waals surface area contributed by atoms with E-state index in [4.69, 9.17) is 4.74 Å². The second-order valence-corrected chi connectivity index (χ2v) is 5.94. The zero-order valence-corrected chi connectivity index (χ0v) is 18.2. The highest BCUT2D eigenvalue weighted by Gasteiger charge is 2.11. The number of methoxy groups -OCH3 is 1. The van der Waals surface area contributed by atoms with Gasteiger partial charge < -0.3 is 20.5 Å². The highest BCUT2D eigenvalue weighted by Crippen LogP contribution is 2.21. The van der Waals surface area contributed by atoms with E-state index in [1.165, 1.54) is 13.2 Å². The number of nitrogens with one attached hydrogen (secondary N) is 2. The summed E-state index contributed by atoms with van der Waals surface area (Å²) in [7, 11) is 1.45. The summed E-state index contributed by atoms with van der Waals surface area (Å²) < 4.78 is 18.9. The number of benzene rings is 2. The first kappa shape index (κ1) is 23.0. The van der Waals surface area contributed by atoms with Gasteiger partial charge in [-0.05, 0) is 55.7 Å². The van der Waals surface area contributed by atoms with E-state index in [0.29, 0.717) is 12.5 Å². The van der Waals surface area contributed by atoms with Crippen LogP contribution in [0, 0.1) is 5.82 Å². The Kier molecular flexibility index (Phi) is 9.92. The monoisotopic (exact) mass is 487 g/mol. The number of aliphatic imine (C=N–C) groups is 1. The molecule has 148 valence electrons. The molecule has 0 heterocycles. The molecule has 2 aromatic carbocycles. The summed E-state index contributed by atoms with van der Waals surface area (Å²) in [4.78, 5) is 4.55. The Labute approximate surface area is 177 Å². The Morgan fingerprint density at radius 3 is 2.67 bits per heavy atom. The number of rotatable bonds is 7. The molecule has 0 aliphatic heterocycles. The summed E-state index contributed by atoms with van der Waals surface area (Å²) in [6.45, 7) is 5.23. The highest BCUT2D eigenvalue weighted by atomic mass is 127. The van der Waals surface area contributed by atoms with Crippen LogP contribution in [0.4, 0.5) is 4.39 Å². The van der Waals surface area contributed by atoms with E-state index in [0.717, 1.165) is 24.1 Å². The van der Waals surface area contributed by atoms with Gasteiger partial charge in [0.25, 0.3) is 0 Å². The number of nitrogens with zero attached hydrogens (tertiary/aromatic N) is 1. The van der Waals surface area contributed by atoms with E-state index in [1.54, 1.807) is 18.2 Å². The normalized spacial score (nSPS) is 12.1. The molecule has 0 aromatic heterocycles. The Bertz CT molecular complexity index is 756. The van der Waals surface area contributed by atoms with Crippen LogP contribution in [0.2, 0.25) is 0 Å². The third-order valence-electron chi connectivity index (χ3n) is 3.95. The van der Waals surface area contributed by atoms with Crippen LogP contribution in [0.3, 0.4) is 0 Å². The third-order valence-corrected chi connectivity index (χ3v) is 3.95. The molecule has 0 bridgehead atoms. The minimum Gasteiger partial charge on any atom is -0.508 e. The van der Waals surface area contributed by atoms with Gasteiger partial charge in [-0.1, -0.05) is 18.2 Å². The lowest BCUT2D eigenvalue weighted by atomic mass is 10.1. The van der Waals surface area contributed by atoms with Crippen molar-refractivity contribution < 1.29 is 14.2 Å². The average Bonchev–Trinajstić information content (AvgIpc) is 2.61. The summed E-state index contributed by atoms with van der Waals surface area (Å²) in [6.07, 6.45) is 0.719. The van der Waals surface area contributed by atoms with Crippen molar-refractivity contribution in [3.63, 3.8) is 0 Å². The minimum atomic E-state index is -0.385. The first-order chi connectivity index (χ1) is 12.5. The van der Waals surface area contributed by atoms with Crippen molar-refractivity contribution in [2.45, 2.75) is 26.3 Å². The molecule has 2 aromatic rings. The fourth-order valence-corrected chi connectivity index (χ4v) is 2.57. The quantitative estimate of drug-likeness (QED) is 0.314. The molecule has 0 saturated carbocycles. The SMILES string of the molecule is CCNC(=NCCc1cccc(O)c1)NC(C)c1ccc(OC)c(F)c1.I. The zero-order chi connectivity index (χ0) is 18.9. The summed E-state index contributed by atoms with van der Waals surface area (Å²) in [5.41, 5.74) is 1.83. The van der Waals surface area contributed by atoms with Gasteiger partial charge in [0.15, 0.2) is 17.5 Å². The smallest absolute Gasteiger partial charge is 0.191 e. The molecule has 3 N–H and O–H groups in total. The molecule has 0 amide bonds. The van der Waals surface area contributed by atoms with Crippen LogP contribution in [0.15, 0.2) is 47.5 Å².